The van der Waals surface area contributed by atoms with Gasteiger partial charge in [0.05, 0.1) is 44.8 Å². The second kappa shape index (κ2) is 17.4. The Kier molecular flexibility index (Phi) is 12.3. The number of hydrogen-bond acceptors (Lipinski definition) is 9. The Bertz CT molecular complexity index is 2350. The monoisotopic (exact) mass is 828 g/mol. The number of carbonyl (C=O) groups excluding carboxylic acids is 1. The Morgan fingerprint density at radius 1 is 0.833 bits per heavy atom. The lowest BCUT2D eigenvalue weighted by atomic mass is 9.79. The van der Waals surface area contributed by atoms with Crippen molar-refractivity contribution in [1.82, 2.24) is 14.5 Å². The molecule has 6 aromatic rings. The van der Waals surface area contributed by atoms with Crippen LogP contribution in [-0.4, -0.2) is 73.4 Å². The zero-order chi connectivity index (χ0) is 42.7. The number of carbonyl (C=O) groups is 2. The summed E-state index contributed by atoms with van der Waals surface area (Å²) in [7, 11) is 0.666. The van der Waals surface area contributed by atoms with Gasteiger partial charge in [0, 0.05) is 17.7 Å². The topological polar surface area (TPSA) is 143 Å². The quantitative estimate of drug-likeness (QED) is 0.0761. The number of aliphatic carboxylic acids is 1. The van der Waals surface area contributed by atoms with Crippen molar-refractivity contribution in [2.45, 2.75) is 56.8 Å². The van der Waals surface area contributed by atoms with Crippen molar-refractivity contribution in [3.63, 3.8) is 0 Å². The average Bonchev–Trinajstić information content (AvgIpc) is 3.87. The molecule has 312 valence electrons. The molecule has 1 fully saturated rings. The SMILES string of the molecule is COc1ccc(C(OC[C@H](C(=O)O)[C@H]2CO[C@@H](n3ccc4c(NC(=O)c5ccccc5)ncnc43)[C@@H]2O[Si](C)(C)C(C)(C)C)(c2ccccc2)c2ccc(OC)cc2)cc1. The molecule has 1 saturated heterocycles. The van der Waals surface area contributed by atoms with E-state index in [4.69, 9.17) is 23.4 Å². The minimum atomic E-state index is -2.56. The Morgan fingerprint density at radius 2 is 1.40 bits per heavy atom. The van der Waals surface area contributed by atoms with Crippen LogP contribution >= 0.6 is 0 Å². The molecule has 0 spiro atoms. The molecule has 4 atom stereocenters. The fourth-order valence-electron chi connectivity index (χ4n) is 7.57. The summed E-state index contributed by atoms with van der Waals surface area (Å²) in [6.07, 6.45) is 1.76. The van der Waals surface area contributed by atoms with E-state index < -0.39 is 44.1 Å². The van der Waals surface area contributed by atoms with E-state index in [1.165, 1.54) is 6.33 Å². The molecule has 2 aromatic heterocycles. The molecule has 1 aliphatic rings. The van der Waals surface area contributed by atoms with Crippen LogP contribution < -0.4 is 14.8 Å². The standard InChI is InChI=1S/C47H52N4O8Si/c1-46(2,3)60(6,7)59-40-38(28-57-44(40)51-27-26-37-41(48-30-49-42(37)51)50-43(52)31-14-10-8-11-15-31)39(45(53)54)29-58-47(32-16-12-9-13-17-32,33-18-22-35(55-4)23-19-33)34-20-24-36(56-5)25-21-34/h8-27,30,38-40,44H,28-29H2,1-7H3,(H,53,54)(H,48,49,50,52)/t38-,39+,40-,44-/m1/s1. The number of carboxylic acids is 1. The molecule has 0 radical (unpaired) electrons. The number of nitrogens with zero attached hydrogens (tertiary/aromatic N) is 3. The number of nitrogens with one attached hydrogen (secondary N) is 1. The summed E-state index contributed by atoms with van der Waals surface area (Å²) in [6, 6.07) is 35.8. The fourth-order valence-corrected chi connectivity index (χ4v) is 8.89. The molecular formula is C47H52N4O8Si. The normalized spacial score (nSPS) is 17.6. The number of hydrogen-bond donors (Lipinski definition) is 2. The highest BCUT2D eigenvalue weighted by atomic mass is 28.4. The van der Waals surface area contributed by atoms with Gasteiger partial charge >= 0.3 is 5.97 Å². The van der Waals surface area contributed by atoms with Crippen molar-refractivity contribution in [2.75, 3.05) is 32.8 Å². The first-order valence-corrected chi connectivity index (χ1v) is 22.9. The maximum atomic E-state index is 13.7. The molecule has 4 aromatic carbocycles. The van der Waals surface area contributed by atoms with Gasteiger partial charge < -0.3 is 38.4 Å². The lowest BCUT2D eigenvalue weighted by Crippen LogP contribution is -2.49. The minimum Gasteiger partial charge on any atom is -0.497 e. The minimum absolute atomic E-state index is 0.0794. The van der Waals surface area contributed by atoms with Crippen LogP contribution in [0.15, 0.2) is 128 Å². The van der Waals surface area contributed by atoms with Gasteiger partial charge in [-0.25, -0.2) is 9.97 Å². The van der Waals surface area contributed by atoms with E-state index in [2.05, 4.69) is 49.1 Å². The van der Waals surface area contributed by atoms with Crippen molar-refractivity contribution in [1.29, 1.82) is 0 Å². The lowest BCUT2D eigenvalue weighted by Gasteiger charge is -2.42. The predicted molar refractivity (Wildman–Crippen MR) is 232 cm³/mol. The van der Waals surface area contributed by atoms with E-state index >= 15 is 0 Å². The van der Waals surface area contributed by atoms with Gasteiger partial charge in [-0.15, -0.1) is 0 Å². The first kappa shape index (κ1) is 42.3. The Hall–Kier alpha value is -5.86. The second-order valence-corrected chi connectivity index (χ2v) is 21.2. The molecule has 13 heteroatoms. The number of fused-ring (bicyclic) bond motifs is 1. The number of methoxy groups -OCH3 is 2. The van der Waals surface area contributed by atoms with Crippen molar-refractivity contribution >= 4 is 37.0 Å². The Balaban J connectivity index is 1.29. The number of ether oxygens (including phenoxy) is 4. The van der Waals surface area contributed by atoms with Crippen molar-refractivity contribution in [2.24, 2.45) is 11.8 Å². The van der Waals surface area contributed by atoms with Gasteiger partial charge in [0.1, 0.15) is 34.9 Å². The highest BCUT2D eigenvalue weighted by Crippen LogP contribution is 2.47. The Morgan fingerprint density at radius 3 is 1.95 bits per heavy atom. The number of aromatic nitrogens is 3. The molecule has 2 N–H and O–H groups in total. The molecule has 0 aliphatic carbocycles. The van der Waals surface area contributed by atoms with Crippen LogP contribution in [0.25, 0.3) is 11.0 Å². The van der Waals surface area contributed by atoms with E-state index in [0.717, 1.165) is 16.7 Å². The van der Waals surface area contributed by atoms with Crippen LogP contribution in [0, 0.1) is 11.8 Å². The zero-order valence-corrected chi connectivity index (χ0v) is 36.0. The highest BCUT2D eigenvalue weighted by molar-refractivity contribution is 6.74. The maximum absolute atomic E-state index is 13.7. The van der Waals surface area contributed by atoms with Gasteiger partial charge in [-0.3, -0.25) is 9.59 Å². The summed E-state index contributed by atoms with van der Waals surface area (Å²) in [6.45, 7) is 10.6. The molecule has 3 heterocycles. The van der Waals surface area contributed by atoms with Gasteiger partial charge in [-0.1, -0.05) is 93.6 Å². The van der Waals surface area contributed by atoms with Crippen molar-refractivity contribution < 1.29 is 38.1 Å². The van der Waals surface area contributed by atoms with E-state index in [9.17, 15) is 14.7 Å². The van der Waals surface area contributed by atoms with Crippen LogP contribution in [0.4, 0.5) is 5.82 Å². The van der Waals surface area contributed by atoms with E-state index in [0.29, 0.717) is 33.9 Å². The number of benzene rings is 4. The molecule has 0 bridgehead atoms. The van der Waals surface area contributed by atoms with Crippen LogP contribution in [0.3, 0.4) is 0 Å². The van der Waals surface area contributed by atoms with Crippen molar-refractivity contribution in [3.8, 4) is 11.5 Å². The number of carboxylic acid groups (broad SMARTS) is 1. The summed E-state index contributed by atoms with van der Waals surface area (Å²) in [5, 5.41) is 14.5. The van der Waals surface area contributed by atoms with E-state index in [1.54, 1.807) is 38.5 Å². The summed E-state index contributed by atoms with van der Waals surface area (Å²) in [5.41, 5.74) is 2.14. The van der Waals surface area contributed by atoms with Crippen LogP contribution in [0.5, 0.6) is 11.5 Å². The van der Waals surface area contributed by atoms with Crippen LogP contribution in [0.2, 0.25) is 18.1 Å². The largest absolute Gasteiger partial charge is 0.497 e. The third-order valence-corrected chi connectivity index (χ3v) is 16.4. The third kappa shape index (κ3) is 8.30. The fraction of sp³-hybridized carbons (Fsp3) is 0.319. The van der Waals surface area contributed by atoms with Gasteiger partial charge in [0.25, 0.3) is 5.91 Å². The third-order valence-electron chi connectivity index (χ3n) is 11.9. The second-order valence-electron chi connectivity index (χ2n) is 16.5. The van der Waals surface area contributed by atoms with Crippen LogP contribution in [0.1, 0.15) is 54.0 Å². The predicted octanol–water partition coefficient (Wildman–Crippen LogP) is 8.95. The maximum Gasteiger partial charge on any atom is 0.309 e. The summed E-state index contributed by atoms with van der Waals surface area (Å²) in [4.78, 5) is 35.9. The van der Waals surface area contributed by atoms with Gasteiger partial charge in [-0.05, 0) is 77.3 Å². The zero-order valence-electron chi connectivity index (χ0n) is 35.0. The van der Waals surface area contributed by atoms with Crippen LogP contribution in [-0.2, 0) is 24.3 Å². The summed E-state index contributed by atoms with van der Waals surface area (Å²) >= 11 is 0. The van der Waals surface area contributed by atoms with Gasteiger partial charge in [-0.2, -0.15) is 0 Å². The smallest absolute Gasteiger partial charge is 0.309 e. The highest BCUT2D eigenvalue weighted by Gasteiger charge is 2.51. The molecular weight excluding hydrogens is 777 g/mol. The molecule has 1 amide bonds. The average molecular weight is 829 g/mol. The van der Waals surface area contributed by atoms with E-state index in [1.807, 2.05) is 102 Å². The Labute approximate surface area is 351 Å². The molecule has 0 saturated carbocycles. The van der Waals surface area contributed by atoms with E-state index in [-0.39, 0.29) is 24.2 Å². The number of anilines is 1. The lowest BCUT2D eigenvalue weighted by molar-refractivity contribution is -0.150. The molecule has 12 nitrogen and oxygen atoms in total. The summed E-state index contributed by atoms with van der Waals surface area (Å²) in [5.74, 6) is -1.36. The number of rotatable bonds is 15. The molecule has 1 aliphatic heterocycles. The summed E-state index contributed by atoms with van der Waals surface area (Å²) < 4.78 is 33.9. The van der Waals surface area contributed by atoms with Gasteiger partial charge in [0.15, 0.2) is 14.5 Å². The van der Waals surface area contributed by atoms with Gasteiger partial charge in [0.2, 0.25) is 0 Å². The molecule has 7 rings (SSSR count). The first-order chi connectivity index (χ1) is 28.8. The first-order valence-electron chi connectivity index (χ1n) is 20.0. The van der Waals surface area contributed by atoms with Crippen molar-refractivity contribution in [3.05, 3.63) is 150 Å². The number of amides is 1. The molecule has 0 unspecified atom stereocenters. The molecule has 60 heavy (non-hydrogen) atoms.